The number of nitrogens with zero attached hydrogens (tertiary/aromatic N) is 2. The highest BCUT2D eigenvalue weighted by atomic mass is 35.5. The molecule has 0 spiro atoms. The maximum absolute atomic E-state index is 5.88. The van der Waals surface area contributed by atoms with Gasteiger partial charge in [-0.15, -0.1) is 0 Å². The topological polar surface area (TPSA) is 35.0 Å². The van der Waals surface area contributed by atoms with Crippen LogP contribution in [0.4, 0.5) is 0 Å². The first kappa shape index (κ1) is 11.6. The van der Waals surface area contributed by atoms with Gasteiger partial charge in [0.1, 0.15) is 6.10 Å². The number of halogens is 1. The summed E-state index contributed by atoms with van der Waals surface area (Å²) in [6.45, 7) is 6.80. The van der Waals surface area contributed by atoms with Gasteiger partial charge in [0.15, 0.2) is 5.15 Å². The van der Waals surface area contributed by atoms with Gasteiger partial charge >= 0.3 is 0 Å². The molecule has 0 amide bonds. The number of hydrogen-bond acceptors (Lipinski definition) is 3. The van der Waals surface area contributed by atoms with E-state index in [0.29, 0.717) is 16.4 Å². The molecule has 1 aromatic heterocycles. The van der Waals surface area contributed by atoms with Crippen LogP contribution in [0.3, 0.4) is 0 Å². The molecule has 0 saturated heterocycles. The summed E-state index contributed by atoms with van der Waals surface area (Å²) < 4.78 is 5.70. The van der Waals surface area contributed by atoms with E-state index in [9.17, 15) is 0 Å². The van der Waals surface area contributed by atoms with Crippen molar-refractivity contribution in [1.29, 1.82) is 0 Å². The molecular formula is C12H17ClN2O. The lowest BCUT2D eigenvalue weighted by atomic mass is 9.67. The summed E-state index contributed by atoms with van der Waals surface area (Å²) in [5.74, 6) is 1.19. The minimum absolute atomic E-state index is 0.249. The van der Waals surface area contributed by atoms with Crippen LogP contribution in [0.1, 0.15) is 33.6 Å². The molecule has 0 N–H and O–H groups in total. The number of aromatic nitrogens is 2. The van der Waals surface area contributed by atoms with E-state index in [1.54, 1.807) is 12.4 Å². The Bertz CT molecular complexity index is 370. The van der Waals surface area contributed by atoms with Crippen molar-refractivity contribution in [3.8, 4) is 5.88 Å². The second-order valence-electron chi connectivity index (χ2n) is 5.43. The van der Waals surface area contributed by atoms with Crippen LogP contribution in [0.2, 0.25) is 5.15 Å². The molecule has 1 aliphatic carbocycles. The molecule has 0 aromatic carbocycles. The summed E-state index contributed by atoms with van der Waals surface area (Å²) >= 11 is 5.88. The molecule has 1 aliphatic rings. The Morgan fingerprint density at radius 3 is 2.44 bits per heavy atom. The van der Waals surface area contributed by atoms with Crippen molar-refractivity contribution < 1.29 is 4.74 Å². The van der Waals surface area contributed by atoms with Crippen molar-refractivity contribution in [3.63, 3.8) is 0 Å². The Morgan fingerprint density at radius 1 is 1.25 bits per heavy atom. The van der Waals surface area contributed by atoms with E-state index < -0.39 is 0 Å². The quantitative estimate of drug-likeness (QED) is 0.795. The fourth-order valence-electron chi connectivity index (χ4n) is 1.91. The third kappa shape index (κ3) is 2.46. The molecule has 3 nitrogen and oxygen atoms in total. The standard InChI is InChI=1S/C12H17ClN2O/c1-12(2,3)8-6-9(7-8)16-11-10(13)14-4-5-15-11/h4-5,8-9H,6-7H2,1-3H3. The van der Waals surface area contributed by atoms with Crippen molar-refractivity contribution in [2.45, 2.75) is 39.7 Å². The maximum Gasteiger partial charge on any atom is 0.252 e. The van der Waals surface area contributed by atoms with E-state index in [1.807, 2.05) is 0 Å². The lowest BCUT2D eigenvalue weighted by molar-refractivity contribution is 0.00463. The Labute approximate surface area is 101 Å². The third-order valence-electron chi connectivity index (χ3n) is 3.22. The van der Waals surface area contributed by atoms with Gasteiger partial charge in [0, 0.05) is 12.4 Å². The van der Waals surface area contributed by atoms with Crippen molar-refractivity contribution in [3.05, 3.63) is 17.5 Å². The molecule has 0 atom stereocenters. The fraction of sp³-hybridized carbons (Fsp3) is 0.667. The van der Waals surface area contributed by atoms with Crippen LogP contribution in [0.5, 0.6) is 5.88 Å². The normalized spacial score (nSPS) is 25.0. The number of rotatable bonds is 2. The molecule has 0 aliphatic heterocycles. The van der Waals surface area contributed by atoms with Crippen molar-refractivity contribution in [2.24, 2.45) is 11.3 Å². The SMILES string of the molecule is CC(C)(C)C1CC(Oc2nccnc2Cl)C1. The van der Waals surface area contributed by atoms with Crippen LogP contribution in [-0.2, 0) is 0 Å². The summed E-state index contributed by atoms with van der Waals surface area (Å²) in [6.07, 6.45) is 5.57. The first-order valence-corrected chi connectivity index (χ1v) is 5.98. The van der Waals surface area contributed by atoms with E-state index in [1.165, 1.54) is 0 Å². The molecule has 1 saturated carbocycles. The minimum atomic E-state index is 0.249. The van der Waals surface area contributed by atoms with Gasteiger partial charge in [-0.3, -0.25) is 0 Å². The maximum atomic E-state index is 5.88. The van der Waals surface area contributed by atoms with Crippen LogP contribution in [0.15, 0.2) is 12.4 Å². The minimum Gasteiger partial charge on any atom is -0.472 e. The van der Waals surface area contributed by atoms with E-state index in [0.717, 1.165) is 18.8 Å². The highest BCUT2D eigenvalue weighted by Crippen LogP contribution is 2.43. The molecule has 88 valence electrons. The predicted molar refractivity (Wildman–Crippen MR) is 63.6 cm³/mol. The van der Waals surface area contributed by atoms with Gasteiger partial charge in [-0.2, -0.15) is 0 Å². The van der Waals surface area contributed by atoms with E-state index in [2.05, 4.69) is 30.7 Å². The highest BCUT2D eigenvalue weighted by Gasteiger charge is 2.38. The lowest BCUT2D eigenvalue weighted by Gasteiger charge is -2.43. The van der Waals surface area contributed by atoms with E-state index in [4.69, 9.17) is 16.3 Å². The zero-order chi connectivity index (χ0) is 11.8. The van der Waals surface area contributed by atoms with Crippen LogP contribution in [-0.4, -0.2) is 16.1 Å². The molecule has 1 aromatic rings. The average molecular weight is 241 g/mol. The van der Waals surface area contributed by atoms with Crippen LogP contribution in [0, 0.1) is 11.3 Å². The Balaban J connectivity index is 1.89. The zero-order valence-electron chi connectivity index (χ0n) is 9.90. The summed E-state index contributed by atoms with van der Waals surface area (Å²) in [5, 5.41) is 0.349. The Kier molecular flexibility index (Phi) is 3.06. The second kappa shape index (κ2) is 4.21. The first-order valence-electron chi connectivity index (χ1n) is 5.60. The van der Waals surface area contributed by atoms with Gasteiger partial charge in [0.05, 0.1) is 0 Å². The molecule has 1 fully saturated rings. The average Bonchev–Trinajstić information content (AvgIpc) is 2.11. The molecule has 1 heterocycles. The first-order chi connectivity index (χ1) is 7.47. The lowest BCUT2D eigenvalue weighted by Crippen LogP contribution is -2.40. The van der Waals surface area contributed by atoms with Gasteiger partial charge in [0.25, 0.3) is 5.88 Å². The fourth-order valence-corrected chi connectivity index (χ4v) is 2.06. The molecule has 0 radical (unpaired) electrons. The van der Waals surface area contributed by atoms with Gasteiger partial charge in [-0.1, -0.05) is 32.4 Å². The highest BCUT2D eigenvalue weighted by molar-refractivity contribution is 6.30. The van der Waals surface area contributed by atoms with E-state index in [-0.39, 0.29) is 6.10 Å². The van der Waals surface area contributed by atoms with Gasteiger partial charge < -0.3 is 4.74 Å². The van der Waals surface area contributed by atoms with Gasteiger partial charge in [-0.05, 0) is 24.2 Å². The van der Waals surface area contributed by atoms with Crippen LogP contribution < -0.4 is 4.74 Å². The third-order valence-corrected chi connectivity index (χ3v) is 3.48. The van der Waals surface area contributed by atoms with Crippen LogP contribution >= 0.6 is 11.6 Å². The zero-order valence-corrected chi connectivity index (χ0v) is 10.7. The number of hydrogen-bond donors (Lipinski definition) is 0. The Morgan fingerprint density at radius 2 is 1.88 bits per heavy atom. The van der Waals surface area contributed by atoms with Crippen molar-refractivity contribution in [1.82, 2.24) is 9.97 Å². The van der Waals surface area contributed by atoms with Gasteiger partial charge in [0.2, 0.25) is 0 Å². The summed E-state index contributed by atoms with van der Waals surface area (Å²) in [4.78, 5) is 8.01. The largest absolute Gasteiger partial charge is 0.472 e. The molecule has 16 heavy (non-hydrogen) atoms. The van der Waals surface area contributed by atoms with E-state index >= 15 is 0 Å². The van der Waals surface area contributed by atoms with Gasteiger partial charge in [-0.25, -0.2) is 9.97 Å². The molecule has 4 heteroatoms. The summed E-state index contributed by atoms with van der Waals surface area (Å²) in [7, 11) is 0. The summed E-state index contributed by atoms with van der Waals surface area (Å²) in [5.41, 5.74) is 0.367. The molecule has 0 bridgehead atoms. The van der Waals surface area contributed by atoms with Crippen molar-refractivity contribution in [2.75, 3.05) is 0 Å². The second-order valence-corrected chi connectivity index (χ2v) is 5.78. The smallest absolute Gasteiger partial charge is 0.252 e. The molecule has 2 rings (SSSR count). The molecule has 0 unspecified atom stereocenters. The monoisotopic (exact) mass is 240 g/mol. The molecular weight excluding hydrogens is 224 g/mol. The number of ether oxygens (including phenoxy) is 1. The van der Waals surface area contributed by atoms with Crippen LogP contribution in [0.25, 0.3) is 0 Å². The Hall–Kier alpha value is -0.830. The van der Waals surface area contributed by atoms with Crippen molar-refractivity contribution >= 4 is 11.6 Å². The summed E-state index contributed by atoms with van der Waals surface area (Å²) in [6, 6.07) is 0. The predicted octanol–water partition coefficient (Wildman–Crippen LogP) is 3.33.